The van der Waals surface area contributed by atoms with Crippen molar-refractivity contribution in [2.45, 2.75) is 38.1 Å². The zero-order valence-corrected chi connectivity index (χ0v) is 9.24. The van der Waals surface area contributed by atoms with E-state index in [4.69, 9.17) is 0 Å². The van der Waals surface area contributed by atoms with Gasteiger partial charge in [0.1, 0.15) is 0 Å². The smallest absolute Gasteiger partial charge is 0.227 e. The fourth-order valence-corrected chi connectivity index (χ4v) is 3.49. The Hall–Kier alpha value is -0.570. The van der Waals surface area contributed by atoms with Crippen molar-refractivity contribution >= 4 is 5.91 Å². The molecule has 3 rings (SSSR count). The maximum Gasteiger partial charge on any atom is 0.227 e. The third kappa shape index (κ3) is 1.67. The molecular formula is C12H20N2O. The van der Waals surface area contributed by atoms with E-state index in [0.29, 0.717) is 11.9 Å². The Morgan fingerprint density at radius 2 is 2.20 bits per heavy atom. The second kappa shape index (κ2) is 3.78. The number of hydrogen-bond donors (Lipinski definition) is 1. The minimum atomic E-state index is 0.276. The normalized spacial score (nSPS) is 39.7. The van der Waals surface area contributed by atoms with Gasteiger partial charge < -0.3 is 10.2 Å². The molecule has 0 aromatic carbocycles. The summed E-state index contributed by atoms with van der Waals surface area (Å²) in [6, 6.07) is 0.601. The number of piperidine rings is 2. The summed E-state index contributed by atoms with van der Waals surface area (Å²) < 4.78 is 0. The lowest BCUT2D eigenvalue weighted by Gasteiger charge is -2.32. The van der Waals surface area contributed by atoms with Crippen molar-refractivity contribution in [3.8, 4) is 0 Å². The third-order valence-electron chi connectivity index (χ3n) is 4.34. The predicted molar refractivity (Wildman–Crippen MR) is 58.4 cm³/mol. The summed E-state index contributed by atoms with van der Waals surface area (Å²) in [5.74, 6) is 1.54. The first-order valence-electron chi connectivity index (χ1n) is 6.36. The summed E-state index contributed by atoms with van der Waals surface area (Å²) in [5, 5.41) is 3.34. The SMILES string of the molecule is O=C([C@H]1CCCNC1)N1C[C@H]2CC[C@H]1C2. The average Bonchev–Trinajstić information content (AvgIpc) is 2.91. The lowest BCUT2D eigenvalue weighted by Crippen LogP contribution is -2.46. The Kier molecular flexibility index (Phi) is 2.43. The van der Waals surface area contributed by atoms with E-state index in [2.05, 4.69) is 10.2 Å². The summed E-state index contributed by atoms with van der Waals surface area (Å²) in [4.78, 5) is 14.5. The van der Waals surface area contributed by atoms with Gasteiger partial charge in [-0.15, -0.1) is 0 Å². The Bertz CT molecular complexity index is 260. The van der Waals surface area contributed by atoms with Crippen LogP contribution in [0.15, 0.2) is 0 Å². The van der Waals surface area contributed by atoms with E-state index < -0.39 is 0 Å². The fourth-order valence-electron chi connectivity index (χ4n) is 3.49. The van der Waals surface area contributed by atoms with Gasteiger partial charge in [0, 0.05) is 19.1 Å². The van der Waals surface area contributed by atoms with Crippen LogP contribution in [0.1, 0.15) is 32.1 Å². The number of fused-ring (bicyclic) bond motifs is 2. The van der Waals surface area contributed by atoms with Crippen molar-refractivity contribution in [2.24, 2.45) is 11.8 Å². The number of carbonyl (C=O) groups excluding carboxylic acids is 1. The molecule has 3 heteroatoms. The van der Waals surface area contributed by atoms with Gasteiger partial charge in [-0.05, 0) is 44.6 Å². The maximum atomic E-state index is 12.3. The van der Waals surface area contributed by atoms with Gasteiger partial charge in [0.25, 0.3) is 0 Å². The standard InChI is InChI=1S/C12H20N2O/c15-12(10-2-1-5-13-7-10)14-8-9-3-4-11(14)6-9/h9-11,13H,1-8H2/t9-,10-,11-/m0/s1. The molecule has 0 aromatic heterocycles. The van der Waals surface area contributed by atoms with Gasteiger partial charge >= 0.3 is 0 Å². The first-order valence-corrected chi connectivity index (χ1v) is 6.36. The molecule has 2 saturated heterocycles. The molecule has 1 aliphatic carbocycles. The largest absolute Gasteiger partial charge is 0.339 e. The van der Waals surface area contributed by atoms with E-state index in [1.807, 2.05) is 0 Å². The second-order valence-electron chi connectivity index (χ2n) is 5.37. The Morgan fingerprint density at radius 3 is 2.80 bits per heavy atom. The number of rotatable bonds is 1. The molecule has 1 amide bonds. The number of nitrogens with one attached hydrogen (secondary N) is 1. The van der Waals surface area contributed by atoms with E-state index >= 15 is 0 Å². The van der Waals surface area contributed by atoms with Gasteiger partial charge in [-0.2, -0.15) is 0 Å². The van der Waals surface area contributed by atoms with Gasteiger partial charge in [0.05, 0.1) is 5.92 Å². The molecule has 0 unspecified atom stereocenters. The number of hydrogen-bond acceptors (Lipinski definition) is 2. The summed E-state index contributed by atoms with van der Waals surface area (Å²) in [5.41, 5.74) is 0. The van der Waals surface area contributed by atoms with Crippen LogP contribution in [0.3, 0.4) is 0 Å². The van der Waals surface area contributed by atoms with Crippen LogP contribution < -0.4 is 5.32 Å². The number of nitrogens with zero attached hydrogens (tertiary/aromatic N) is 1. The van der Waals surface area contributed by atoms with Crippen LogP contribution in [0.2, 0.25) is 0 Å². The van der Waals surface area contributed by atoms with Crippen molar-refractivity contribution in [2.75, 3.05) is 19.6 Å². The van der Waals surface area contributed by atoms with Crippen molar-refractivity contribution in [1.82, 2.24) is 10.2 Å². The number of amides is 1. The predicted octanol–water partition coefficient (Wildman–Crippen LogP) is 0.997. The monoisotopic (exact) mass is 208 g/mol. The van der Waals surface area contributed by atoms with E-state index in [-0.39, 0.29) is 5.92 Å². The Balaban J connectivity index is 1.64. The maximum absolute atomic E-state index is 12.3. The molecule has 0 spiro atoms. The van der Waals surface area contributed by atoms with Gasteiger partial charge in [0.15, 0.2) is 0 Å². The molecule has 3 nitrogen and oxygen atoms in total. The third-order valence-corrected chi connectivity index (χ3v) is 4.34. The van der Waals surface area contributed by atoms with Crippen molar-refractivity contribution < 1.29 is 4.79 Å². The second-order valence-corrected chi connectivity index (χ2v) is 5.37. The summed E-state index contributed by atoms with van der Waals surface area (Å²) in [6.07, 6.45) is 6.16. The summed E-state index contributed by atoms with van der Waals surface area (Å²) in [6.45, 7) is 3.06. The first-order chi connectivity index (χ1) is 7.34. The molecule has 1 saturated carbocycles. The molecule has 3 fully saturated rings. The molecule has 3 aliphatic rings. The molecule has 2 heterocycles. The highest BCUT2D eigenvalue weighted by atomic mass is 16.2. The zero-order chi connectivity index (χ0) is 10.3. The van der Waals surface area contributed by atoms with Crippen molar-refractivity contribution in [3.63, 3.8) is 0 Å². The van der Waals surface area contributed by atoms with Gasteiger partial charge in [0.2, 0.25) is 5.91 Å². The van der Waals surface area contributed by atoms with Crippen LogP contribution in [0.5, 0.6) is 0 Å². The minimum Gasteiger partial charge on any atom is -0.339 e. The van der Waals surface area contributed by atoms with Gasteiger partial charge in [-0.1, -0.05) is 0 Å². The highest BCUT2D eigenvalue weighted by Gasteiger charge is 2.41. The topological polar surface area (TPSA) is 32.3 Å². The van der Waals surface area contributed by atoms with Crippen LogP contribution >= 0.6 is 0 Å². The molecule has 2 aliphatic heterocycles. The minimum absolute atomic E-state index is 0.276. The zero-order valence-electron chi connectivity index (χ0n) is 9.24. The quantitative estimate of drug-likeness (QED) is 0.697. The average molecular weight is 208 g/mol. The van der Waals surface area contributed by atoms with E-state index in [1.165, 1.54) is 25.7 Å². The molecule has 1 N–H and O–H groups in total. The van der Waals surface area contributed by atoms with Crippen molar-refractivity contribution in [1.29, 1.82) is 0 Å². The highest BCUT2D eigenvalue weighted by Crippen LogP contribution is 2.38. The molecule has 15 heavy (non-hydrogen) atoms. The summed E-state index contributed by atoms with van der Waals surface area (Å²) >= 11 is 0. The molecule has 3 atom stereocenters. The van der Waals surface area contributed by atoms with Crippen LogP contribution in [-0.4, -0.2) is 36.5 Å². The molecular weight excluding hydrogens is 188 g/mol. The number of carbonyl (C=O) groups is 1. The lowest BCUT2D eigenvalue weighted by atomic mass is 9.97. The van der Waals surface area contributed by atoms with Crippen molar-refractivity contribution in [3.05, 3.63) is 0 Å². The van der Waals surface area contributed by atoms with Crippen LogP contribution in [0.4, 0.5) is 0 Å². The van der Waals surface area contributed by atoms with Gasteiger partial charge in [-0.25, -0.2) is 0 Å². The lowest BCUT2D eigenvalue weighted by molar-refractivity contribution is -0.137. The Labute approximate surface area is 91.2 Å². The highest BCUT2D eigenvalue weighted by molar-refractivity contribution is 5.80. The molecule has 0 radical (unpaired) electrons. The van der Waals surface area contributed by atoms with E-state index in [1.54, 1.807) is 0 Å². The molecule has 0 aromatic rings. The van der Waals surface area contributed by atoms with E-state index in [0.717, 1.165) is 32.0 Å². The number of likely N-dealkylation sites (tertiary alicyclic amines) is 1. The fraction of sp³-hybridized carbons (Fsp3) is 0.917. The van der Waals surface area contributed by atoms with Crippen LogP contribution in [0, 0.1) is 11.8 Å². The van der Waals surface area contributed by atoms with E-state index in [9.17, 15) is 4.79 Å². The molecule has 84 valence electrons. The van der Waals surface area contributed by atoms with Crippen LogP contribution in [-0.2, 0) is 4.79 Å². The van der Waals surface area contributed by atoms with Gasteiger partial charge in [-0.3, -0.25) is 4.79 Å². The first kappa shape index (κ1) is 9.64. The Morgan fingerprint density at radius 1 is 1.27 bits per heavy atom. The summed E-state index contributed by atoms with van der Waals surface area (Å²) in [7, 11) is 0. The molecule has 2 bridgehead atoms. The van der Waals surface area contributed by atoms with Crippen LogP contribution in [0.25, 0.3) is 0 Å².